The SMILES string of the molecule is CC(C)NCCCC(=O)N1CCC[C@@H]1C(=O)O. The van der Waals surface area contributed by atoms with E-state index >= 15 is 0 Å². The Labute approximate surface area is 102 Å². The highest BCUT2D eigenvalue weighted by Gasteiger charge is 2.33. The Morgan fingerprint density at radius 3 is 2.76 bits per heavy atom. The monoisotopic (exact) mass is 242 g/mol. The maximum atomic E-state index is 11.8. The average Bonchev–Trinajstić information content (AvgIpc) is 2.72. The summed E-state index contributed by atoms with van der Waals surface area (Å²) in [6.45, 7) is 5.51. The summed E-state index contributed by atoms with van der Waals surface area (Å²) in [6.07, 6.45) is 2.58. The maximum Gasteiger partial charge on any atom is 0.326 e. The number of carbonyl (C=O) groups is 2. The molecule has 5 heteroatoms. The molecule has 1 amide bonds. The van der Waals surface area contributed by atoms with Crippen molar-refractivity contribution in [2.24, 2.45) is 0 Å². The topological polar surface area (TPSA) is 69.6 Å². The zero-order valence-corrected chi connectivity index (χ0v) is 10.6. The van der Waals surface area contributed by atoms with Gasteiger partial charge in [0.25, 0.3) is 0 Å². The molecule has 0 aromatic carbocycles. The van der Waals surface area contributed by atoms with E-state index in [1.807, 2.05) is 0 Å². The van der Waals surface area contributed by atoms with Gasteiger partial charge in [0.15, 0.2) is 0 Å². The summed E-state index contributed by atoms with van der Waals surface area (Å²) in [5, 5.41) is 12.2. The highest BCUT2D eigenvalue weighted by Crippen LogP contribution is 2.18. The fourth-order valence-corrected chi connectivity index (χ4v) is 2.10. The molecule has 1 saturated heterocycles. The van der Waals surface area contributed by atoms with Crippen LogP contribution in [0, 0.1) is 0 Å². The molecule has 1 aliphatic heterocycles. The second-order valence-corrected chi connectivity index (χ2v) is 4.80. The highest BCUT2D eigenvalue weighted by molar-refractivity contribution is 5.84. The van der Waals surface area contributed by atoms with Gasteiger partial charge >= 0.3 is 5.97 Å². The van der Waals surface area contributed by atoms with Crippen molar-refractivity contribution in [3.8, 4) is 0 Å². The van der Waals surface area contributed by atoms with Crippen molar-refractivity contribution in [1.29, 1.82) is 0 Å². The van der Waals surface area contributed by atoms with Gasteiger partial charge in [-0.25, -0.2) is 4.79 Å². The lowest BCUT2D eigenvalue weighted by Crippen LogP contribution is -2.40. The Kier molecular flexibility index (Phi) is 5.41. The minimum absolute atomic E-state index is 0.0274. The molecule has 0 bridgehead atoms. The standard InChI is InChI=1S/C12H22N2O3/c1-9(2)13-7-3-6-11(15)14-8-4-5-10(14)12(16)17/h9-10,13H,3-8H2,1-2H3,(H,16,17)/t10-/m1/s1. The van der Waals surface area contributed by atoms with E-state index in [1.165, 1.54) is 4.90 Å². The van der Waals surface area contributed by atoms with Crippen LogP contribution < -0.4 is 5.32 Å². The molecule has 0 aromatic rings. The molecule has 0 spiro atoms. The van der Waals surface area contributed by atoms with Gasteiger partial charge in [0.2, 0.25) is 5.91 Å². The third-order valence-electron chi connectivity index (χ3n) is 2.98. The summed E-state index contributed by atoms with van der Waals surface area (Å²) in [4.78, 5) is 24.3. The molecule has 0 radical (unpaired) electrons. The van der Waals surface area contributed by atoms with Gasteiger partial charge in [0, 0.05) is 19.0 Å². The number of nitrogens with one attached hydrogen (secondary N) is 1. The second-order valence-electron chi connectivity index (χ2n) is 4.80. The van der Waals surface area contributed by atoms with E-state index in [0.717, 1.165) is 19.4 Å². The first kappa shape index (κ1) is 14.0. The number of hydrogen-bond donors (Lipinski definition) is 2. The molecule has 98 valence electrons. The maximum absolute atomic E-state index is 11.8. The third-order valence-corrected chi connectivity index (χ3v) is 2.98. The number of likely N-dealkylation sites (tertiary alicyclic amines) is 1. The van der Waals surface area contributed by atoms with E-state index in [0.29, 0.717) is 25.4 Å². The van der Waals surface area contributed by atoms with Crippen molar-refractivity contribution in [1.82, 2.24) is 10.2 Å². The zero-order chi connectivity index (χ0) is 12.8. The molecule has 1 atom stereocenters. The normalized spacial score (nSPS) is 19.9. The molecule has 1 heterocycles. The second kappa shape index (κ2) is 6.59. The Morgan fingerprint density at radius 2 is 2.18 bits per heavy atom. The van der Waals surface area contributed by atoms with Crippen LogP contribution in [-0.2, 0) is 9.59 Å². The van der Waals surface area contributed by atoms with E-state index in [1.54, 1.807) is 0 Å². The van der Waals surface area contributed by atoms with Crippen molar-refractivity contribution in [2.45, 2.75) is 51.6 Å². The first-order valence-corrected chi connectivity index (χ1v) is 6.28. The van der Waals surface area contributed by atoms with Crippen LogP contribution >= 0.6 is 0 Å². The molecule has 0 unspecified atom stereocenters. The predicted molar refractivity (Wildman–Crippen MR) is 64.7 cm³/mol. The van der Waals surface area contributed by atoms with Crippen LogP contribution in [0.15, 0.2) is 0 Å². The molecule has 1 aliphatic rings. The molecule has 1 fully saturated rings. The summed E-state index contributed by atoms with van der Waals surface area (Å²) in [7, 11) is 0. The lowest BCUT2D eigenvalue weighted by atomic mass is 10.2. The fourth-order valence-electron chi connectivity index (χ4n) is 2.10. The van der Waals surface area contributed by atoms with Crippen LogP contribution in [0.2, 0.25) is 0 Å². The molecule has 1 rings (SSSR count). The van der Waals surface area contributed by atoms with Gasteiger partial charge in [-0.05, 0) is 25.8 Å². The van der Waals surface area contributed by atoms with Gasteiger partial charge in [-0.3, -0.25) is 4.79 Å². The summed E-state index contributed by atoms with van der Waals surface area (Å²) in [5.41, 5.74) is 0. The highest BCUT2D eigenvalue weighted by atomic mass is 16.4. The van der Waals surface area contributed by atoms with Crippen molar-refractivity contribution in [2.75, 3.05) is 13.1 Å². The van der Waals surface area contributed by atoms with Gasteiger partial charge in [-0.2, -0.15) is 0 Å². The first-order valence-electron chi connectivity index (χ1n) is 6.28. The lowest BCUT2D eigenvalue weighted by Gasteiger charge is -2.21. The van der Waals surface area contributed by atoms with Crippen molar-refractivity contribution in [3.63, 3.8) is 0 Å². The van der Waals surface area contributed by atoms with Crippen molar-refractivity contribution < 1.29 is 14.7 Å². The lowest BCUT2D eigenvalue weighted by molar-refractivity contribution is -0.148. The minimum atomic E-state index is -0.879. The van der Waals surface area contributed by atoms with Crippen LogP contribution in [0.25, 0.3) is 0 Å². The first-order chi connectivity index (χ1) is 8.02. The number of nitrogens with zero attached hydrogens (tertiary/aromatic N) is 1. The van der Waals surface area contributed by atoms with E-state index < -0.39 is 12.0 Å². The Hall–Kier alpha value is -1.10. The Bertz CT molecular complexity index is 279. The van der Waals surface area contributed by atoms with E-state index in [-0.39, 0.29) is 5.91 Å². The Balaban J connectivity index is 2.29. The van der Waals surface area contributed by atoms with Gasteiger partial charge in [-0.15, -0.1) is 0 Å². The molecular formula is C12H22N2O3. The van der Waals surface area contributed by atoms with Crippen molar-refractivity contribution in [3.05, 3.63) is 0 Å². The van der Waals surface area contributed by atoms with E-state index in [4.69, 9.17) is 5.11 Å². The number of carboxylic acid groups (broad SMARTS) is 1. The third kappa shape index (κ3) is 4.34. The summed E-state index contributed by atoms with van der Waals surface area (Å²) in [5.74, 6) is -0.906. The number of aliphatic carboxylic acids is 1. The molecule has 0 saturated carbocycles. The largest absolute Gasteiger partial charge is 0.480 e. The van der Waals surface area contributed by atoms with Crippen LogP contribution in [0.5, 0.6) is 0 Å². The van der Waals surface area contributed by atoms with Crippen molar-refractivity contribution >= 4 is 11.9 Å². The van der Waals surface area contributed by atoms with E-state index in [2.05, 4.69) is 19.2 Å². The van der Waals surface area contributed by atoms with Crippen LogP contribution in [0.4, 0.5) is 0 Å². The smallest absolute Gasteiger partial charge is 0.326 e. The average molecular weight is 242 g/mol. The van der Waals surface area contributed by atoms with E-state index in [9.17, 15) is 9.59 Å². The Morgan fingerprint density at radius 1 is 1.47 bits per heavy atom. The van der Waals surface area contributed by atoms with Gasteiger partial charge in [-0.1, -0.05) is 13.8 Å². The van der Waals surface area contributed by atoms with Gasteiger partial charge in [0.1, 0.15) is 6.04 Å². The number of carboxylic acids is 1. The van der Waals surface area contributed by atoms with Crippen LogP contribution in [0.3, 0.4) is 0 Å². The molecule has 2 N–H and O–H groups in total. The molecular weight excluding hydrogens is 220 g/mol. The number of amides is 1. The van der Waals surface area contributed by atoms with Crippen LogP contribution in [-0.4, -0.2) is 47.1 Å². The number of hydrogen-bond acceptors (Lipinski definition) is 3. The van der Waals surface area contributed by atoms with Gasteiger partial charge < -0.3 is 15.3 Å². The zero-order valence-electron chi connectivity index (χ0n) is 10.6. The molecule has 0 aliphatic carbocycles. The summed E-state index contributed by atoms with van der Waals surface area (Å²) < 4.78 is 0. The molecule has 17 heavy (non-hydrogen) atoms. The predicted octanol–water partition coefficient (Wildman–Crippen LogP) is 0.840. The number of carbonyl (C=O) groups excluding carboxylic acids is 1. The van der Waals surface area contributed by atoms with Crippen LogP contribution in [0.1, 0.15) is 39.5 Å². The molecule has 0 aromatic heterocycles. The number of rotatable bonds is 6. The summed E-state index contributed by atoms with van der Waals surface area (Å²) >= 11 is 0. The minimum Gasteiger partial charge on any atom is -0.480 e. The molecule has 5 nitrogen and oxygen atoms in total. The summed E-state index contributed by atoms with van der Waals surface area (Å²) in [6, 6.07) is -0.177. The van der Waals surface area contributed by atoms with Gasteiger partial charge in [0.05, 0.1) is 0 Å². The quantitative estimate of drug-likeness (QED) is 0.677. The fraction of sp³-hybridized carbons (Fsp3) is 0.833.